The van der Waals surface area contributed by atoms with Crippen LogP contribution in [0.3, 0.4) is 0 Å². The lowest BCUT2D eigenvalue weighted by molar-refractivity contribution is 0.624. The minimum Gasteiger partial charge on any atom is -0.435 e. The molecule has 0 saturated heterocycles. The van der Waals surface area contributed by atoms with Gasteiger partial charge in [0, 0.05) is 27.6 Å². The summed E-state index contributed by atoms with van der Waals surface area (Å²) in [6, 6.07) is 44.8. The van der Waals surface area contributed by atoms with Gasteiger partial charge in [-0.15, -0.1) is 0 Å². The molecular formula is C36H22N4O. The highest BCUT2D eigenvalue weighted by Crippen LogP contribution is 2.35. The summed E-state index contributed by atoms with van der Waals surface area (Å²) in [7, 11) is 0. The highest BCUT2D eigenvalue weighted by molar-refractivity contribution is 6.05. The highest BCUT2D eigenvalue weighted by Gasteiger charge is 2.16. The van der Waals surface area contributed by atoms with Crippen molar-refractivity contribution in [1.82, 2.24) is 19.9 Å². The molecule has 0 aliphatic carbocycles. The Morgan fingerprint density at radius 2 is 1.00 bits per heavy atom. The van der Waals surface area contributed by atoms with Crippen molar-refractivity contribution in [3.8, 4) is 45.6 Å². The second-order valence-corrected chi connectivity index (χ2v) is 9.93. The Kier molecular flexibility index (Phi) is 5.38. The number of fused-ring (bicyclic) bond motifs is 4. The van der Waals surface area contributed by atoms with E-state index in [1.807, 2.05) is 84.9 Å². The minimum absolute atomic E-state index is 0.602. The number of oxazole rings is 1. The molecule has 0 amide bonds. The molecule has 0 bridgehead atoms. The van der Waals surface area contributed by atoms with Crippen molar-refractivity contribution < 1.29 is 4.42 Å². The quantitative estimate of drug-likeness (QED) is 0.229. The number of rotatable bonds is 4. The maximum Gasteiger partial charge on any atom is 0.227 e. The van der Waals surface area contributed by atoms with Gasteiger partial charge in [0.15, 0.2) is 23.1 Å². The van der Waals surface area contributed by atoms with Crippen molar-refractivity contribution in [3.05, 3.63) is 133 Å². The maximum atomic E-state index is 6.49. The molecule has 0 saturated carbocycles. The van der Waals surface area contributed by atoms with Crippen LogP contribution in [0.4, 0.5) is 0 Å². The zero-order valence-electron chi connectivity index (χ0n) is 21.9. The van der Waals surface area contributed by atoms with Gasteiger partial charge in [-0.3, -0.25) is 0 Å². The van der Waals surface area contributed by atoms with Gasteiger partial charge in [0.2, 0.25) is 5.89 Å². The van der Waals surface area contributed by atoms with Crippen LogP contribution in [0.2, 0.25) is 0 Å². The van der Waals surface area contributed by atoms with Crippen LogP contribution in [-0.2, 0) is 0 Å². The Morgan fingerprint density at radius 3 is 1.73 bits per heavy atom. The van der Waals surface area contributed by atoms with Gasteiger partial charge in [-0.25, -0.2) is 19.9 Å². The van der Waals surface area contributed by atoms with Crippen LogP contribution >= 0.6 is 0 Å². The first-order valence-corrected chi connectivity index (χ1v) is 13.5. The van der Waals surface area contributed by atoms with E-state index in [9.17, 15) is 0 Å². The monoisotopic (exact) mass is 526 g/mol. The molecule has 5 heteroatoms. The smallest absolute Gasteiger partial charge is 0.227 e. The molecule has 5 nitrogen and oxygen atoms in total. The topological polar surface area (TPSA) is 64.7 Å². The number of hydrogen-bond donors (Lipinski definition) is 0. The average Bonchev–Trinajstić information content (AvgIpc) is 3.50. The Balaban J connectivity index is 1.31. The molecule has 192 valence electrons. The largest absolute Gasteiger partial charge is 0.435 e. The number of hydrogen-bond acceptors (Lipinski definition) is 5. The summed E-state index contributed by atoms with van der Waals surface area (Å²) in [5, 5.41) is 4.28. The number of nitrogens with zero attached hydrogens (tertiary/aromatic N) is 4. The summed E-state index contributed by atoms with van der Waals surface area (Å²) in [5.41, 5.74) is 5.28. The summed E-state index contributed by atoms with van der Waals surface area (Å²) in [6.45, 7) is 0. The van der Waals surface area contributed by atoms with E-state index in [0.29, 0.717) is 23.4 Å². The third-order valence-corrected chi connectivity index (χ3v) is 7.35. The second kappa shape index (κ2) is 9.50. The molecule has 8 rings (SSSR count). The van der Waals surface area contributed by atoms with Crippen LogP contribution in [0, 0.1) is 0 Å². The molecule has 0 atom stereocenters. The Hall–Kier alpha value is -5.68. The SMILES string of the molecule is c1ccc(-c2nc(-c3ccccc3)nc(-c3ccc4ccc5nc(-c6cccc7ccccc67)oc5c4c3)n2)cc1. The van der Waals surface area contributed by atoms with E-state index in [-0.39, 0.29) is 0 Å². The van der Waals surface area contributed by atoms with E-state index in [4.69, 9.17) is 24.4 Å². The van der Waals surface area contributed by atoms with Gasteiger partial charge < -0.3 is 4.42 Å². The molecule has 2 heterocycles. The van der Waals surface area contributed by atoms with Crippen LogP contribution in [-0.4, -0.2) is 19.9 Å². The molecular weight excluding hydrogens is 504 g/mol. The molecule has 6 aromatic carbocycles. The molecule has 0 N–H and O–H groups in total. The van der Waals surface area contributed by atoms with Crippen molar-refractivity contribution >= 4 is 32.6 Å². The molecule has 0 aliphatic heterocycles. The Morgan fingerprint density at radius 1 is 0.415 bits per heavy atom. The normalized spacial score (nSPS) is 11.4. The van der Waals surface area contributed by atoms with Crippen LogP contribution in [0.25, 0.3) is 78.3 Å². The molecule has 41 heavy (non-hydrogen) atoms. The van der Waals surface area contributed by atoms with Gasteiger partial charge in [-0.05, 0) is 34.4 Å². The molecule has 0 fully saturated rings. The highest BCUT2D eigenvalue weighted by atomic mass is 16.3. The van der Waals surface area contributed by atoms with Crippen molar-refractivity contribution in [1.29, 1.82) is 0 Å². The minimum atomic E-state index is 0.602. The van der Waals surface area contributed by atoms with Gasteiger partial charge in [0.1, 0.15) is 5.52 Å². The van der Waals surface area contributed by atoms with E-state index in [0.717, 1.165) is 54.9 Å². The van der Waals surface area contributed by atoms with E-state index in [1.54, 1.807) is 0 Å². The van der Waals surface area contributed by atoms with Crippen LogP contribution in [0.5, 0.6) is 0 Å². The predicted octanol–water partition coefficient (Wildman–Crippen LogP) is 8.99. The lowest BCUT2D eigenvalue weighted by Crippen LogP contribution is -2.00. The molecule has 0 spiro atoms. The first kappa shape index (κ1) is 23.2. The van der Waals surface area contributed by atoms with E-state index >= 15 is 0 Å². The number of benzene rings is 6. The first-order chi connectivity index (χ1) is 20.3. The molecule has 0 unspecified atom stereocenters. The summed E-state index contributed by atoms with van der Waals surface area (Å²) in [4.78, 5) is 19.5. The summed E-state index contributed by atoms with van der Waals surface area (Å²) >= 11 is 0. The third-order valence-electron chi connectivity index (χ3n) is 7.35. The van der Waals surface area contributed by atoms with Crippen molar-refractivity contribution in [2.45, 2.75) is 0 Å². The zero-order chi connectivity index (χ0) is 27.2. The van der Waals surface area contributed by atoms with Crippen LogP contribution < -0.4 is 0 Å². The molecule has 8 aromatic rings. The molecule has 0 aliphatic rings. The Bertz CT molecular complexity index is 2140. The third kappa shape index (κ3) is 4.12. The van der Waals surface area contributed by atoms with Crippen molar-refractivity contribution in [3.63, 3.8) is 0 Å². The van der Waals surface area contributed by atoms with Gasteiger partial charge >= 0.3 is 0 Å². The second-order valence-electron chi connectivity index (χ2n) is 9.93. The lowest BCUT2D eigenvalue weighted by atomic mass is 10.0. The maximum absolute atomic E-state index is 6.49. The van der Waals surface area contributed by atoms with Gasteiger partial charge in [-0.1, -0.05) is 115 Å². The Labute approximate surface area is 235 Å². The summed E-state index contributed by atoms with van der Waals surface area (Å²) < 4.78 is 6.49. The zero-order valence-corrected chi connectivity index (χ0v) is 21.9. The van der Waals surface area contributed by atoms with Crippen LogP contribution in [0.15, 0.2) is 138 Å². The molecule has 2 aromatic heterocycles. The predicted molar refractivity (Wildman–Crippen MR) is 164 cm³/mol. The number of aromatic nitrogens is 4. The fourth-order valence-electron chi connectivity index (χ4n) is 5.31. The van der Waals surface area contributed by atoms with Gasteiger partial charge in [-0.2, -0.15) is 0 Å². The van der Waals surface area contributed by atoms with E-state index in [1.165, 1.54) is 0 Å². The van der Waals surface area contributed by atoms with E-state index in [2.05, 4.69) is 48.5 Å². The summed E-state index contributed by atoms with van der Waals surface area (Å²) in [5.74, 6) is 2.47. The standard InChI is InChI=1S/C36H22N4O/c1-3-11-25(12-4-1)33-38-34(26-13-5-2-6-14-26)40-35(39-33)27-19-18-24-20-21-31-32(30(24)22-27)41-36(37-31)29-17-9-15-23-10-7-8-16-28(23)29/h1-22H. The van der Waals surface area contributed by atoms with Crippen molar-refractivity contribution in [2.24, 2.45) is 0 Å². The fraction of sp³-hybridized carbons (Fsp3) is 0. The van der Waals surface area contributed by atoms with Gasteiger partial charge in [0.25, 0.3) is 0 Å². The van der Waals surface area contributed by atoms with Crippen molar-refractivity contribution in [2.75, 3.05) is 0 Å². The summed E-state index contributed by atoms with van der Waals surface area (Å²) in [6.07, 6.45) is 0. The van der Waals surface area contributed by atoms with Gasteiger partial charge in [0.05, 0.1) is 0 Å². The molecule has 0 radical (unpaired) electrons. The average molecular weight is 527 g/mol. The first-order valence-electron chi connectivity index (χ1n) is 13.5. The lowest BCUT2D eigenvalue weighted by Gasteiger charge is -2.09. The van der Waals surface area contributed by atoms with Crippen LogP contribution in [0.1, 0.15) is 0 Å². The van der Waals surface area contributed by atoms with E-state index < -0.39 is 0 Å². The fourth-order valence-corrected chi connectivity index (χ4v) is 5.31.